The quantitative estimate of drug-likeness (QED) is 0.856. The minimum atomic E-state index is 0.784. The van der Waals surface area contributed by atoms with Crippen LogP contribution in [0.1, 0.15) is 16.8 Å². The van der Waals surface area contributed by atoms with Crippen molar-refractivity contribution in [2.45, 2.75) is 20.8 Å². The number of aryl methyl sites for hydroxylation is 3. The van der Waals surface area contributed by atoms with Gasteiger partial charge in [0.2, 0.25) is 0 Å². The van der Waals surface area contributed by atoms with Gasteiger partial charge in [-0.3, -0.25) is 0 Å². The predicted octanol–water partition coefficient (Wildman–Crippen LogP) is 3.11. The van der Waals surface area contributed by atoms with E-state index in [1.807, 2.05) is 20.0 Å². The predicted molar refractivity (Wildman–Crippen MR) is 71.2 cm³/mol. The zero-order chi connectivity index (χ0) is 12.4. The molecule has 0 amide bonds. The Balaban J connectivity index is 2.55. The van der Waals surface area contributed by atoms with Gasteiger partial charge in [0, 0.05) is 24.4 Å². The van der Waals surface area contributed by atoms with E-state index < -0.39 is 0 Å². The maximum atomic E-state index is 4.49. The molecule has 2 rings (SSSR count). The second-order valence-corrected chi connectivity index (χ2v) is 4.29. The first-order chi connectivity index (χ1) is 8.10. The molecule has 1 aromatic heterocycles. The summed E-state index contributed by atoms with van der Waals surface area (Å²) >= 11 is 0. The summed E-state index contributed by atoms with van der Waals surface area (Å²) in [7, 11) is 1.87. The summed E-state index contributed by atoms with van der Waals surface area (Å²) in [5, 5.41) is 3.06. The van der Waals surface area contributed by atoms with Gasteiger partial charge in [-0.1, -0.05) is 23.8 Å². The van der Waals surface area contributed by atoms with Crippen molar-refractivity contribution < 1.29 is 0 Å². The van der Waals surface area contributed by atoms with Crippen LogP contribution in [0.15, 0.2) is 24.3 Å². The van der Waals surface area contributed by atoms with E-state index in [9.17, 15) is 0 Å². The average Bonchev–Trinajstić information content (AvgIpc) is 2.28. The third-order valence-electron chi connectivity index (χ3n) is 2.73. The Morgan fingerprint density at radius 3 is 2.41 bits per heavy atom. The van der Waals surface area contributed by atoms with E-state index in [1.54, 1.807) is 0 Å². The smallest absolute Gasteiger partial charge is 0.162 e. The molecule has 2 aromatic rings. The van der Waals surface area contributed by atoms with Crippen LogP contribution in [0.3, 0.4) is 0 Å². The fourth-order valence-electron chi connectivity index (χ4n) is 1.88. The lowest BCUT2D eigenvalue weighted by atomic mass is 10.1. The Morgan fingerprint density at radius 2 is 1.76 bits per heavy atom. The summed E-state index contributed by atoms with van der Waals surface area (Å²) in [6, 6.07) is 8.26. The Labute approximate surface area is 102 Å². The molecule has 0 aliphatic carbocycles. The number of hydrogen-bond donors (Lipinski definition) is 1. The molecule has 0 radical (unpaired) electrons. The standard InChI is InChI=1S/C14H17N3/c1-9-5-6-12(10(2)7-9)14-16-11(3)8-13(15-4)17-14/h5-8H,1-4H3,(H,15,16,17). The van der Waals surface area contributed by atoms with Crippen molar-refractivity contribution in [1.29, 1.82) is 0 Å². The van der Waals surface area contributed by atoms with Crippen LogP contribution in [0.25, 0.3) is 11.4 Å². The van der Waals surface area contributed by atoms with Gasteiger partial charge in [0.25, 0.3) is 0 Å². The molecule has 0 saturated heterocycles. The summed E-state index contributed by atoms with van der Waals surface area (Å²) in [5.41, 5.74) is 4.53. The van der Waals surface area contributed by atoms with Gasteiger partial charge in [-0.05, 0) is 26.3 Å². The van der Waals surface area contributed by atoms with Crippen LogP contribution in [-0.2, 0) is 0 Å². The molecule has 1 heterocycles. The topological polar surface area (TPSA) is 37.8 Å². The second kappa shape index (κ2) is 4.53. The fourth-order valence-corrected chi connectivity index (χ4v) is 1.88. The van der Waals surface area contributed by atoms with E-state index in [-0.39, 0.29) is 0 Å². The van der Waals surface area contributed by atoms with Crippen molar-refractivity contribution in [3.63, 3.8) is 0 Å². The van der Waals surface area contributed by atoms with Crippen LogP contribution in [0, 0.1) is 20.8 Å². The minimum Gasteiger partial charge on any atom is -0.373 e. The molecule has 0 saturated carbocycles. The van der Waals surface area contributed by atoms with E-state index in [1.165, 1.54) is 11.1 Å². The number of aromatic nitrogens is 2. The molecule has 3 nitrogen and oxygen atoms in total. The van der Waals surface area contributed by atoms with Crippen LogP contribution in [-0.4, -0.2) is 17.0 Å². The van der Waals surface area contributed by atoms with Crippen LogP contribution >= 0.6 is 0 Å². The zero-order valence-electron chi connectivity index (χ0n) is 10.7. The lowest BCUT2D eigenvalue weighted by Gasteiger charge is -2.08. The molecule has 0 bridgehead atoms. The Morgan fingerprint density at radius 1 is 1.00 bits per heavy atom. The molecule has 0 fully saturated rings. The largest absolute Gasteiger partial charge is 0.373 e. The van der Waals surface area contributed by atoms with E-state index in [0.717, 1.165) is 22.9 Å². The molecule has 1 N–H and O–H groups in total. The molecular formula is C14H17N3. The van der Waals surface area contributed by atoms with E-state index in [0.29, 0.717) is 0 Å². The molecule has 0 aliphatic heterocycles. The van der Waals surface area contributed by atoms with E-state index in [2.05, 4.69) is 47.3 Å². The van der Waals surface area contributed by atoms with Gasteiger partial charge >= 0.3 is 0 Å². The molecule has 17 heavy (non-hydrogen) atoms. The van der Waals surface area contributed by atoms with Gasteiger partial charge in [-0.25, -0.2) is 9.97 Å². The summed E-state index contributed by atoms with van der Waals surface area (Å²) in [4.78, 5) is 8.98. The third kappa shape index (κ3) is 2.44. The second-order valence-electron chi connectivity index (χ2n) is 4.29. The van der Waals surface area contributed by atoms with Crippen LogP contribution in [0.5, 0.6) is 0 Å². The third-order valence-corrected chi connectivity index (χ3v) is 2.73. The van der Waals surface area contributed by atoms with Crippen LogP contribution < -0.4 is 5.32 Å². The normalized spacial score (nSPS) is 10.4. The minimum absolute atomic E-state index is 0.784. The van der Waals surface area contributed by atoms with E-state index >= 15 is 0 Å². The SMILES string of the molecule is CNc1cc(C)nc(-c2ccc(C)cc2C)n1. The zero-order valence-corrected chi connectivity index (χ0v) is 10.7. The summed E-state index contributed by atoms with van der Waals surface area (Å²) in [6.07, 6.45) is 0. The molecule has 3 heteroatoms. The molecule has 1 aromatic carbocycles. The highest BCUT2D eigenvalue weighted by molar-refractivity contribution is 5.62. The molecule has 0 atom stereocenters. The van der Waals surface area contributed by atoms with Gasteiger partial charge in [0.1, 0.15) is 5.82 Å². The number of nitrogens with one attached hydrogen (secondary N) is 1. The number of rotatable bonds is 2. The van der Waals surface area contributed by atoms with Crippen LogP contribution in [0.4, 0.5) is 5.82 Å². The highest BCUT2D eigenvalue weighted by Gasteiger charge is 2.07. The molecular weight excluding hydrogens is 210 g/mol. The van der Waals surface area contributed by atoms with Gasteiger partial charge in [-0.15, -0.1) is 0 Å². The first-order valence-electron chi connectivity index (χ1n) is 5.71. The molecule has 0 unspecified atom stereocenters. The molecule has 88 valence electrons. The Kier molecular flexibility index (Phi) is 3.09. The Hall–Kier alpha value is -1.90. The lowest BCUT2D eigenvalue weighted by molar-refractivity contribution is 1.10. The van der Waals surface area contributed by atoms with Crippen molar-refractivity contribution in [1.82, 2.24) is 9.97 Å². The van der Waals surface area contributed by atoms with Gasteiger partial charge in [-0.2, -0.15) is 0 Å². The fraction of sp³-hybridized carbons (Fsp3) is 0.286. The van der Waals surface area contributed by atoms with Gasteiger partial charge in [0.15, 0.2) is 5.82 Å². The Bertz CT molecular complexity index is 547. The number of nitrogens with zero attached hydrogens (tertiary/aromatic N) is 2. The van der Waals surface area contributed by atoms with Crippen molar-refractivity contribution in [2.24, 2.45) is 0 Å². The number of benzene rings is 1. The van der Waals surface area contributed by atoms with Crippen molar-refractivity contribution >= 4 is 5.82 Å². The summed E-state index contributed by atoms with van der Waals surface area (Å²) in [5.74, 6) is 1.64. The maximum absolute atomic E-state index is 4.49. The van der Waals surface area contributed by atoms with Crippen molar-refractivity contribution in [3.05, 3.63) is 41.1 Å². The average molecular weight is 227 g/mol. The first kappa shape index (κ1) is 11.6. The van der Waals surface area contributed by atoms with E-state index in [4.69, 9.17) is 0 Å². The van der Waals surface area contributed by atoms with Crippen molar-refractivity contribution in [3.8, 4) is 11.4 Å². The number of hydrogen-bond acceptors (Lipinski definition) is 3. The van der Waals surface area contributed by atoms with Gasteiger partial charge in [0.05, 0.1) is 0 Å². The lowest BCUT2D eigenvalue weighted by Crippen LogP contribution is -1.99. The summed E-state index contributed by atoms with van der Waals surface area (Å²) < 4.78 is 0. The summed E-state index contributed by atoms with van der Waals surface area (Å²) in [6.45, 7) is 6.16. The molecule has 0 aliphatic rings. The van der Waals surface area contributed by atoms with Gasteiger partial charge < -0.3 is 5.32 Å². The first-order valence-corrected chi connectivity index (χ1v) is 5.71. The van der Waals surface area contributed by atoms with Crippen molar-refractivity contribution in [2.75, 3.05) is 12.4 Å². The highest BCUT2D eigenvalue weighted by atomic mass is 15.0. The maximum Gasteiger partial charge on any atom is 0.162 e. The monoisotopic (exact) mass is 227 g/mol. The molecule has 0 spiro atoms. The van der Waals surface area contributed by atoms with Crippen LogP contribution in [0.2, 0.25) is 0 Å². The highest BCUT2D eigenvalue weighted by Crippen LogP contribution is 2.22. The number of anilines is 1.